The second-order valence-electron chi connectivity index (χ2n) is 5.70. The largest absolute Gasteiger partial charge is 0.497 e. The molecule has 134 valence electrons. The van der Waals surface area contributed by atoms with Crippen LogP contribution in [0.3, 0.4) is 0 Å². The van der Waals surface area contributed by atoms with Crippen molar-refractivity contribution in [2.75, 3.05) is 19.0 Å². The van der Waals surface area contributed by atoms with Gasteiger partial charge in [0.25, 0.3) is 5.91 Å². The smallest absolute Gasteiger partial charge is 0.355 e. The van der Waals surface area contributed by atoms with Gasteiger partial charge >= 0.3 is 5.97 Å². The van der Waals surface area contributed by atoms with Crippen molar-refractivity contribution in [1.82, 2.24) is 4.98 Å². The van der Waals surface area contributed by atoms with E-state index in [4.69, 9.17) is 9.47 Å². The number of aryl methyl sites for hydroxylation is 1. The van der Waals surface area contributed by atoms with Crippen LogP contribution in [0, 0.1) is 13.8 Å². The number of rotatable bonds is 6. The summed E-state index contributed by atoms with van der Waals surface area (Å²) < 4.78 is 10.1. The van der Waals surface area contributed by atoms with E-state index in [0.29, 0.717) is 28.3 Å². The molecule has 0 bridgehead atoms. The van der Waals surface area contributed by atoms with Crippen LogP contribution >= 0.6 is 0 Å². The van der Waals surface area contributed by atoms with Crippen LogP contribution in [0.4, 0.5) is 5.69 Å². The lowest BCUT2D eigenvalue weighted by Crippen LogP contribution is -2.21. The average Bonchev–Trinajstić information content (AvgIpc) is 2.87. The molecule has 25 heavy (non-hydrogen) atoms. The van der Waals surface area contributed by atoms with Gasteiger partial charge in [-0.25, -0.2) is 4.79 Å². The van der Waals surface area contributed by atoms with Crippen molar-refractivity contribution >= 4 is 17.6 Å². The minimum atomic E-state index is -0.700. The zero-order chi connectivity index (χ0) is 18.6. The van der Waals surface area contributed by atoms with Crippen molar-refractivity contribution in [1.29, 1.82) is 0 Å². The second kappa shape index (κ2) is 7.85. The standard InChI is InChI=1S/C18H22N2O5/c1-10-16(12(3)21)11(2)19-17(10)18(23)25-9-15(22)20-13-6-5-7-14(8-13)24-4/h5-8,12,19,21H,9H2,1-4H3,(H,20,22)/t12-/m1/s1. The Morgan fingerprint density at radius 1 is 1.32 bits per heavy atom. The Bertz CT molecular complexity index is 780. The topological polar surface area (TPSA) is 101 Å². The van der Waals surface area contributed by atoms with E-state index < -0.39 is 24.6 Å². The Labute approximate surface area is 146 Å². The van der Waals surface area contributed by atoms with Crippen LogP contribution < -0.4 is 10.1 Å². The molecule has 1 amide bonds. The van der Waals surface area contributed by atoms with E-state index in [1.165, 1.54) is 7.11 Å². The van der Waals surface area contributed by atoms with Gasteiger partial charge in [0.15, 0.2) is 6.61 Å². The van der Waals surface area contributed by atoms with Gasteiger partial charge in [-0.3, -0.25) is 4.79 Å². The predicted molar refractivity (Wildman–Crippen MR) is 92.8 cm³/mol. The van der Waals surface area contributed by atoms with Gasteiger partial charge in [0.1, 0.15) is 11.4 Å². The van der Waals surface area contributed by atoms with E-state index in [1.807, 2.05) is 0 Å². The number of hydrogen-bond donors (Lipinski definition) is 3. The molecule has 0 radical (unpaired) electrons. The average molecular weight is 346 g/mol. The van der Waals surface area contributed by atoms with Crippen LogP contribution in [0.1, 0.15) is 40.3 Å². The molecular formula is C18H22N2O5. The lowest BCUT2D eigenvalue weighted by atomic mass is 10.1. The predicted octanol–water partition coefficient (Wildman–Crippen LogP) is 2.49. The maximum Gasteiger partial charge on any atom is 0.355 e. The molecule has 7 heteroatoms. The Morgan fingerprint density at radius 2 is 2.04 bits per heavy atom. The van der Waals surface area contributed by atoms with Gasteiger partial charge in [-0.2, -0.15) is 0 Å². The summed E-state index contributed by atoms with van der Waals surface area (Å²) in [6.07, 6.45) is -0.700. The lowest BCUT2D eigenvalue weighted by molar-refractivity contribution is -0.119. The molecule has 7 nitrogen and oxygen atoms in total. The molecule has 0 unspecified atom stereocenters. The molecule has 2 rings (SSSR count). The first kappa shape index (κ1) is 18.5. The van der Waals surface area contributed by atoms with E-state index in [9.17, 15) is 14.7 Å². The minimum Gasteiger partial charge on any atom is -0.497 e. The van der Waals surface area contributed by atoms with Gasteiger partial charge in [0, 0.05) is 23.0 Å². The lowest BCUT2D eigenvalue weighted by Gasteiger charge is -2.08. The number of ether oxygens (including phenoxy) is 2. The van der Waals surface area contributed by atoms with Gasteiger partial charge in [0.05, 0.1) is 13.2 Å². The second-order valence-corrected chi connectivity index (χ2v) is 5.70. The van der Waals surface area contributed by atoms with Gasteiger partial charge in [-0.05, 0) is 38.5 Å². The van der Waals surface area contributed by atoms with Crippen molar-refractivity contribution < 1.29 is 24.2 Å². The van der Waals surface area contributed by atoms with Crippen molar-refractivity contribution in [3.05, 3.63) is 46.8 Å². The summed E-state index contributed by atoms with van der Waals surface area (Å²) in [6.45, 7) is 4.69. The Morgan fingerprint density at radius 3 is 2.64 bits per heavy atom. The van der Waals surface area contributed by atoms with Gasteiger partial charge in [-0.15, -0.1) is 0 Å². The molecule has 1 atom stereocenters. The summed E-state index contributed by atoms with van der Waals surface area (Å²) in [7, 11) is 1.53. The molecule has 0 aliphatic heterocycles. The summed E-state index contributed by atoms with van der Waals surface area (Å²) in [5.41, 5.74) is 2.75. The fraction of sp³-hybridized carbons (Fsp3) is 0.333. The summed E-state index contributed by atoms with van der Waals surface area (Å²) in [6, 6.07) is 6.86. The summed E-state index contributed by atoms with van der Waals surface area (Å²) >= 11 is 0. The van der Waals surface area contributed by atoms with E-state index in [1.54, 1.807) is 45.0 Å². The summed E-state index contributed by atoms with van der Waals surface area (Å²) in [5.74, 6) is -0.496. The number of carbonyl (C=O) groups excluding carboxylic acids is 2. The molecule has 0 spiro atoms. The zero-order valence-corrected chi connectivity index (χ0v) is 14.7. The maximum atomic E-state index is 12.2. The number of aliphatic hydroxyl groups excluding tert-OH is 1. The maximum absolute atomic E-state index is 12.2. The molecule has 1 heterocycles. The number of nitrogens with one attached hydrogen (secondary N) is 2. The van der Waals surface area contributed by atoms with Crippen molar-refractivity contribution in [3.8, 4) is 5.75 Å². The molecule has 1 aromatic carbocycles. The number of amides is 1. The molecule has 2 aromatic rings. The van der Waals surface area contributed by atoms with E-state index in [2.05, 4.69) is 10.3 Å². The number of aliphatic hydroxyl groups is 1. The first-order chi connectivity index (χ1) is 11.8. The molecule has 3 N–H and O–H groups in total. The number of hydrogen-bond acceptors (Lipinski definition) is 5. The van der Waals surface area contributed by atoms with Gasteiger partial charge in [0.2, 0.25) is 0 Å². The molecule has 1 aromatic heterocycles. The molecule has 0 saturated carbocycles. The third kappa shape index (κ3) is 4.39. The van der Waals surface area contributed by atoms with Gasteiger partial charge < -0.3 is 24.9 Å². The van der Waals surface area contributed by atoms with E-state index >= 15 is 0 Å². The number of anilines is 1. The highest BCUT2D eigenvalue weighted by atomic mass is 16.5. The Kier molecular flexibility index (Phi) is 5.82. The van der Waals surface area contributed by atoms with Crippen LogP contribution in [0.5, 0.6) is 5.75 Å². The quantitative estimate of drug-likeness (QED) is 0.698. The monoisotopic (exact) mass is 346 g/mol. The number of H-pyrrole nitrogens is 1. The van der Waals surface area contributed by atoms with Crippen LogP contribution in [-0.2, 0) is 9.53 Å². The van der Waals surface area contributed by atoms with E-state index in [0.717, 1.165) is 0 Å². The normalized spacial score (nSPS) is 11.7. The number of aromatic amines is 1. The third-order valence-electron chi connectivity index (χ3n) is 3.81. The van der Waals surface area contributed by atoms with Crippen LogP contribution in [0.15, 0.2) is 24.3 Å². The van der Waals surface area contributed by atoms with Gasteiger partial charge in [-0.1, -0.05) is 6.07 Å². The van der Waals surface area contributed by atoms with Crippen molar-refractivity contribution in [2.24, 2.45) is 0 Å². The van der Waals surface area contributed by atoms with Crippen LogP contribution in [0.25, 0.3) is 0 Å². The van der Waals surface area contributed by atoms with Crippen molar-refractivity contribution in [2.45, 2.75) is 26.9 Å². The fourth-order valence-corrected chi connectivity index (χ4v) is 2.70. The van der Waals surface area contributed by atoms with Crippen LogP contribution in [0.2, 0.25) is 0 Å². The Hall–Kier alpha value is -2.80. The summed E-state index contributed by atoms with van der Waals surface area (Å²) in [5, 5.41) is 12.4. The number of benzene rings is 1. The molecule has 0 fully saturated rings. The highest BCUT2D eigenvalue weighted by molar-refractivity contribution is 5.95. The molecule has 0 aliphatic rings. The fourth-order valence-electron chi connectivity index (χ4n) is 2.70. The van der Waals surface area contributed by atoms with Crippen LogP contribution in [-0.4, -0.2) is 35.7 Å². The molecule has 0 saturated heterocycles. The number of esters is 1. The number of methoxy groups -OCH3 is 1. The Balaban J connectivity index is 1.98. The zero-order valence-electron chi connectivity index (χ0n) is 14.7. The first-order valence-corrected chi connectivity index (χ1v) is 7.81. The molecule has 0 aliphatic carbocycles. The summed E-state index contributed by atoms with van der Waals surface area (Å²) in [4.78, 5) is 27.0. The minimum absolute atomic E-state index is 0.239. The third-order valence-corrected chi connectivity index (χ3v) is 3.81. The highest BCUT2D eigenvalue weighted by Crippen LogP contribution is 2.24. The number of aromatic nitrogens is 1. The molecular weight excluding hydrogens is 324 g/mol. The SMILES string of the molecule is COc1cccc(NC(=O)COC(=O)c2[nH]c(C)c([C@@H](C)O)c2C)c1. The number of carbonyl (C=O) groups is 2. The van der Waals surface area contributed by atoms with E-state index in [-0.39, 0.29) is 5.69 Å². The highest BCUT2D eigenvalue weighted by Gasteiger charge is 2.21. The first-order valence-electron chi connectivity index (χ1n) is 7.81. The van der Waals surface area contributed by atoms with Crippen molar-refractivity contribution in [3.63, 3.8) is 0 Å².